The van der Waals surface area contributed by atoms with Gasteiger partial charge in [-0.3, -0.25) is 9.78 Å². The summed E-state index contributed by atoms with van der Waals surface area (Å²) < 4.78 is 0. The fourth-order valence-corrected chi connectivity index (χ4v) is 2.45. The van der Waals surface area contributed by atoms with E-state index in [4.69, 9.17) is 5.73 Å². The molecule has 0 amide bonds. The second kappa shape index (κ2) is 4.15. The van der Waals surface area contributed by atoms with E-state index in [-0.39, 0.29) is 11.4 Å². The molecule has 2 unspecified atom stereocenters. The van der Waals surface area contributed by atoms with E-state index >= 15 is 0 Å². The van der Waals surface area contributed by atoms with Crippen LogP contribution in [0.15, 0.2) is 10.9 Å². The van der Waals surface area contributed by atoms with Crippen molar-refractivity contribution in [2.45, 2.75) is 20.3 Å². The van der Waals surface area contributed by atoms with Crippen molar-refractivity contribution in [3.05, 3.63) is 16.4 Å². The molecule has 5 heteroatoms. The van der Waals surface area contributed by atoms with Gasteiger partial charge in [-0.2, -0.15) is 4.98 Å². The number of nitrogen functional groups attached to an aromatic ring is 1. The number of hydrogen-bond acceptors (Lipinski definition) is 4. The van der Waals surface area contributed by atoms with Crippen LogP contribution in [0.3, 0.4) is 0 Å². The molecule has 0 aliphatic carbocycles. The number of hydrogen-bond donors (Lipinski definition) is 2. The molecule has 0 spiro atoms. The lowest BCUT2D eigenvalue weighted by Crippen LogP contribution is -2.40. The second-order valence-electron chi connectivity index (χ2n) is 4.84. The molecule has 2 rings (SSSR count). The summed E-state index contributed by atoms with van der Waals surface area (Å²) in [5, 5.41) is 0. The Morgan fingerprint density at radius 3 is 2.62 bits per heavy atom. The van der Waals surface area contributed by atoms with E-state index in [1.807, 2.05) is 0 Å². The predicted octanol–water partition coefficient (Wildman–Crippen LogP) is 0.834. The molecule has 88 valence electrons. The fourth-order valence-electron chi connectivity index (χ4n) is 2.45. The van der Waals surface area contributed by atoms with Crippen LogP contribution in [0.25, 0.3) is 0 Å². The Bertz CT molecular complexity index is 418. The summed E-state index contributed by atoms with van der Waals surface area (Å²) in [5.41, 5.74) is 5.39. The van der Waals surface area contributed by atoms with Crippen LogP contribution in [0.2, 0.25) is 0 Å². The third kappa shape index (κ3) is 2.35. The maximum Gasteiger partial charge on any atom is 0.254 e. The summed E-state index contributed by atoms with van der Waals surface area (Å²) in [6.07, 6.45) is 1.23. The number of piperidine rings is 1. The molecule has 1 aromatic rings. The van der Waals surface area contributed by atoms with Gasteiger partial charge in [0, 0.05) is 19.2 Å². The Hall–Kier alpha value is -1.52. The zero-order valence-electron chi connectivity index (χ0n) is 9.73. The molecule has 0 bridgehead atoms. The van der Waals surface area contributed by atoms with Crippen LogP contribution >= 0.6 is 0 Å². The second-order valence-corrected chi connectivity index (χ2v) is 4.84. The quantitative estimate of drug-likeness (QED) is 0.738. The van der Waals surface area contributed by atoms with Crippen LogP contribution in [0.4, 0.5) is 11.8 Å². The van der Waals surface area contributed by atoms with Crippen molar-refractivity contribution in [2.75, 3.05) is 23.7 Å². The summed E-state index contributed by atoms with van der Waals surface area (Å²) in [6, 6.07) is 1.31. The van der Waals surface area contributed by atoms with Crippen LogP contribution in [-0.2, 0) is 0 Å². The smallest absolute Gasteiger partial charge is 0.254 e. The highest BCUT2D eigenvalue weighted by atomic mass is 16.1. The Morgan fingerprint density at radius 2 is 2.06 bits per heavy atom. The number of nitrogens with two attached hydrogens (primary N) is 1. The van der Waals surface area contributed by atoms with Gasteiger partial charge < -0.3 is 10.6 Å². The minimum absolute atomic E-state index is 0.187. The standard InChI is InChI=1S/C11H18N4O/c1-7-3-8(2)6-15(5-7)11-13-9(12)4-10(16)14-11/h4,7-8H,3,5-6H2,1-2H3,(H3,12,13,14,16). The van der Waals surface area contributed by atoms with E-state index in [0.29, 0.717) is 17.8 Å². The maximum absolute atomic E-state index is 11.3. The summed E-state index contributed by atoms with van der Waals surface area (Å²) in [6.45, 7) is 6.29. The topological polar surface area (TPSA) is 75.0 Å². The molecule has 1 aromatic heterocycles. The first-order chi connectivity index (χ1) is 7.54. The first-order valence-electron chi connectivity index (χ1n) is 5.66. The predicted molar refractivity (Wildman–Crippen MR) is 64.4 cm³/mol. The molecule has 2 atom stereocenters. The van der Waals surface area contributed by atoms with Crippen molar-refractivity contribution in [3.63, 3.8) is 0 Å². The van der Waals surface area contributed by atoms with Crippen LogP contribution < -0.4 is 16.2 Å². The Balaban J connectivity index is 2.26. The van der Waals surface area contributed by atoms with E-state index in [1.54, 1.807) is 0 Å². The minimum Gasteiger partial charge on any atom is -0.383 e. The van der Waals surface area contributed by atoms with Crippen molar-refractivity contribution in [2.24, 2.45) is 11.8 Å². The number of aromatic amines is 1. The molecule has 1 saturated heterocycles. The number of anilines is 2. The number of nitrogens with zero attached hydrogens (tertiary/aromatic N) is 2. The first-order valence-corrected chi connectivity index (χ1v) is 5.66. The van der Waals surface area contributed by atoms with Gasteiger partial charge in [0.15, 0.2) is 0 Å². The molecule has 1 fully saturated rings. The third-order valence-corrected chi connectivity index (χ3v) is 2.92. The Labute approximate surface area is 94.7 Å². The highest BCUT2D eigenvalue weighted by Crippen LogP contribution is 2.23. The number of aromatic nitrogens is 2. The average Bonchev–Trinajstić information content (AvgIpc) is 2.14. The molecule has 1 aliphatic heterocycles. The van der Waals surface area contributed by atoms with Crippen molar-refractivity contribution in [1.29, 1.82) is 0 Å². The third-order valence-electron chi connectivity index (χ3n) is 2.92. The Kier molecular flexibility index (Phi) is 2.85. The zero-order valence-corrected chi connectivity index (χ0v) is 9.73. The van der Waals surface area contributed by atoms with Gasteiger partial charge >= 0.3 is 0 Å². The van der Waals surface area contributed by atoms with Crippen LogP contribution in [0.1, 0.15) is 20.3 Å². The van der Waals surface area contributed by atoms with E-state index in [9.17, 15) is 4.79 Å². The Morgan fingerprint density at radius 1 is 1.44 bits per heavy atom. The van der Waals surface area contributed by atoms with E-state index in [0.717, 1.165) is 13.1 Å². The highest BCUT2D eigenvalue weighted by molar-refractivity contribution is 5.38. The largest absolute Gasteiger partial charge is 0.383 e. The van der Waals surface area contributed by atoms with E-state index < -0.39 is 0 Å². The zero-order chi connectivity index (χ0) is 11.7. The molecule has 3 N–H and O–H groups in total. The fraction of sp³-hybridized carbons (Fsp3) is 0.636. The molecular weight excluding hydrogens is 204 g/mol. The summed E-state index contributed by atoms with van der Waals surface area (Å²) in [4.78, 5) is 20.3. The van der Waals surface area contributed by atoms with E-state index in [2.05, 4.69) is 28.7 Å². The van der Waals surface area contributed by atoms with Gasteiger partial charge in [-0.1, -0.05) is 13.8 Å². The average molecular weight is 222 g/mol. The van der Waals surface area contributed by atoms with Crippen molar-refractivity contribution in [1.82, 2.24) is 9.97 Å². The maximum atomic E-state index is 11.3. The normalized spacial score (nSPS) is 25.8. The molecule has 0 saturated carbocycles. The van der Waals surface area contributed by atoms with Gasteiger partial charge in [0.25, 0.3) is 5.56 Å². The van der Waals surface area contributed by atoms with Crippen molar-refractivity contribution < 1.29 is 0 Å². The minimum atomic E-state index is -0.187. The molecule has 0 radical (unpaired) electrons. The van der Waals surface area contributed by atoms with Gasteiger partial charge in [0.05, 0.1) is 0 Å². The van der Waals surface area contributed by atoms with Gasteiger partial charge in [0.2, 0.25) is 5.95 Å². The number of rotatable bonds is 1. The lowest BCUT2D eigenvalue weighted by molar-refractivity contribution is 0.353. The molecular formula is C11H18N4O. The molecule has 2 heterocycles. The van der Waals surface area contributed by atoms with Gasteiger partial charge in [0.1, 0.15) is 5.82 Å². The molecule has 5 nitrogen and oxygen atoms in total. The van der Waals surface area contributed by atoms with Gasteiger partial charge in [-0.05, 0) is 18.3 Å². The van der Waals surface area contributed by atoms with Crippen molar-refractivity contribution in [3.8, 4) is 0 Å². The van der Waals surface area contributed by atoms with Crippen LogP contribution in [-0.4, -0.2) is 23.1 Å². The van der Waals surface area contributed by atoms with Gasteiger partial charge in [-0.15, -0.1) is 0 Å². The number of H-pyrrole nitrogens is 1. The lowest BCUT2D eigenvalue weighted by atomic mass is 9.92. The van der Waals surface area contributed by atoms with Gasteiger partial charge in [-0.25, -0.2) is 0 Å². The van der Waals surface area contributed by atoms with E-state index in [1.165, 1.54) is 12.5 Å². The van der Waals surface area contributed by atoms with Crippen LogP contribution in [0.5, 0.6) is 0 Å². The molecule has 1 aliphatic rings. The molecule has 16 heavy (non-hydrogen) atoms. The van der Waals surface area contributed by atoms with Crippen molar-refractivity contribution >= 4 is 11.8 Å². The SMILES string of the molecule is CC1CC(C)CN(c2nc(N)cc(=O)[nH]2)C1. The number of nitrogens with one attached hydrogen (secondary N) is 1. The highest BCUT2D eigenvalue weighted by Gasteiger charge is 2.23. The summed E-state index contributed by atoms with van der Waals surface area (Å²) in [7, 11) is 0. The first kappa shape index (κ1) is 11.0. The molecule has 0 aromatic carbocycles. The van der Waals surface area contributed by atoms with Crippen LogP contribution in [0, 0.1) is 11.8 Å². The lowest BCUT2D eigenvalue weighted by Gasteiger charge is -2.35. The summed E-state index contributed by atoms with van der Waals surface area (Å²) >= 11 is 0. The summed E-state index contributed by atoms with van der Waals surface area (Å²) in [5.74, 6) is 2.12. The monoisotopic (exact) mass is 222 g/mol.